The van der Waals surface area contributed by atoms with E-state index in [-0.39, 0.29) is 5.91 Å². The number of hydrogen-bond acceptors (Lipinski definition) is 3. The van der Waals surface area contributed by atoms with Gasteiger partial charge in [-0.05, 0) is 67.3 Å². The number of carbonyl (C=O) groups is 1. The highest BCUT2D eigenvalue weighted by Gasteiger charge is 2.10. The summed E-state index contributed by atoms with van der Waals surface area (Å²) >= 11 is 0. The van der Waals surface area contributed by atoms with E-state index in [1.165, 1.54) is 31.0 Å². The number of nitrogens with zero attached hydrogens (tertiary/aromatic N) is 1. The van der Waals surface area contributed by atoms with Crippen molar-refractivity contribution in [2.75, 3.05) is 30.4 Å². The van der Waals surface area contributed by atoms with Gasteiger partial charge >= 0.3 is 0 Å². The van der Waals surface area contributed by atoms with Crippen molar-refractivity contribution in [2.24, 2.45) is 0 Å². The Morgan fingerprint density at radius 2 is 1.84 bits per heavy atom. The Labute approximate surface area is 149 Å². The van der Waals surface area contributed by atoms with E-state index in [9.17, 15) is 4.79 Å². The lowest BCUT2D eigenvalue weighted by Gasteiger charge is -2.28. The van der Waals surface area contributed by atoms with Gasteiger partial charge in [0, 0.05) is 30.5 Å². The third-order valence-corrected chi connectivity index (χ3v) is 4.38. The monoisotopic (exact) mass is 336 g/mol. The number of rotatable bonds is 5. The maximum absolute atomic E-state index is 12.1. The van der Waals surface area contributed by atoms with Crippen LogP contribution in [0.25, 0.3) is 6.08 Å². The van der Waals surface area contributed by atoms with Gasteiger partial charge in [-0.25, -0.2) is 0 Å². The van der Waals surface area contributed by atoms with Crippen molar-refractivity contribution in [3.63, 3.8) is 0 Å². The summed E-state index contributed by atoms with van der Waals surface area (Å²) in [4.78, 5) is 14.5. The molecule has 1 aliphatic rings. The van der Waals surface area contributed by atoms with Crippen LogP contribution in [0.3, 0.4) is 0 Å². The zero-order valence-electron chi connectivity index (χ0n) is 14.6. The van der Waals surface area contributed by atoms with Gasteiger partial charge in [0.15, 0.2) is 0 Å². The summed E-state index contributed by atoms with van der Waals surface area (Å²) in [7, 11) is 1.63. The number of piperidine rings is 1. The highest BCUT2D eigenvalue weighted by molar-refractivity contribution is 6.02. The third kappa shape index (κ3) is 4.86. The van der Waals surface area contributed by atoms with Gasteiger partial charge < -0.3 is 15.0 Å². The number of nitrogens with one attached hydrogen (secondary N) is 1. The van der Waals surface area contributed by atoms with Gasteiger partial charge in [0.2, 0.25) is 5.91 Å². The Balaban J connectivity index is 1.57. The number of ether oxygens (including phenoxy) is 1. The van der Waals surface area contributed by atoms with Crippen molar-refractivity contribution >= 4 is 23.4 Å². The molecule has 1 saturated heterocycles. The van der Waals surface area contributed by atoms with Crippen molar-refractivity contribution in [1.82, 2.24) is 0 Å². The first-order chi connectivity index (χ1) is 12.2. The van der Waals surface area contributed by atoms with Gasteiger partial charge in [-0.15, -0.1) is 0 Å². The first kappa shape index (κ1) is 17.1. The number of anilines is 2. The van der Waals surface area contributed by atoms with E-state index in [2.05, 4.69) is 22.3 Å². The second-order valence-electron chi connectivity index (χ2n) is 6.19. The molecule has 0 bridgehead atoms. The smallest absolute Gasteiger partial charge is 0.248 e. The van der Waals surface area contributed by atoms with E-state index >= 15 is 0 Å². The number of hydrogen-bond donors (Lipinski definition) is 1. The first-order valence-electron chi connectivity index (χ1n) is 8.73. The van der Waals surface area contributed by atoms with E-state index in [1.807, 2.05) is 36.4 Å². The van der Waals surface area contributed by atoms with Crippen LogP contribution in [0, 0.1) is 0 Å². The maximum atomic E-state index is 12.1. The summed E-state index contributed by atoms with van der Waals surface area (Å²) in [6, 6.07) is 15.7. The number of carbonyl (C=O) groups excluding carboxylic acids is 1. The van der Waals surface area contributed by atoms with Crippen LogP contribution in [-0.4, -0.2) is 26.1 Å². The van der Waals surface area contributed by atoms with Crippen LogP contribution < -0.4 is 15.0 Å². The molecule has 3 rings (SSSR count). The van der Waals surface area contributed by atoms with Crippen LogP contribution >= 0.6 is 0 Å². The fourth-order valence-corrected chi connectivity index (χ4v) is 3.01. The van der Waals surface area contributed by atoms with Crippen molar-refractivity contribution < 1.29 is 9.53 Å². The van der Waals surface area contributed by atoms with E-state index in [0.717, 1.165) is 30.1 Å². The molecule has 4 heteroatoms. The average molecular weight is 336 g/mol. The summed E-state index contributed by atoms with van der Waals surface area (Å²) < 4.78 is 5.18. The second-order valence-corrected chi connectivity index (χ2v) is 6.19. The predicted molar refractivity (Wildman–Crippen MR) is 103 cm³/mol. The lowest BCUT2D eigenvalue weighted by Crippen LogP contribution is -2.29. The molecule has 4 nitrogen and oxygen atoms in total. The summed E-state index contributed by atoms with van der Waals surface area (Å²) in [6.07, 6.45) is 7.15. The Morgan fingerprint density at radius 3 is 2.56 bits per heavy atom. The van der Waals surface area contributed by atoms with Crippen molar-refractivity contribution in [2.45, 2.75) is 19.3 Å². The summed E-state index contributed by atoms with van der Waals surface area (Å²) in [5.74, 6) is 0.629. The van der Waals surface area contributed by atoms with Gasteiger partial charge in [0.1, 0.15) is 5.75 Å². The van der Waals surface area contributed by atoms with Gasteiger partial charge in [0.25, 0.3) is 0 Å². The standard InChI is InChI=1S/C21H24N2O2/c1-25-20-7-5-6-17(16-20)8-13-21(24)22-18-9-11-19(12-10-18)23-14-3-2-4-15-23/h5-13,16H,2-4,14-15H2,1H3,(H,22,24)/b13-8+. The Morgan fingerprint density at radius 1 is 1.08 bits per heavy atom. The molecule has 1 aliphatic heterocycles. The van der Waals surface area contributed by atoms with Gasteiger partial charge in [0.05, 0.1) is 7.11 Å². The van der Waals surface area contributed by atoms with E-state index in [4.69, 9.17) is 4.74 Å². The van der Waals surface area contributed by atoms with Gasteiger partial charge in [-0.3, -0.25) is 4.79 Å². The zero-order chi connectivity index (χ0) is 17.5. The number of amides is 1. The summed E-state index contributed by atoms with van der Waals surface area (Å²) in [5, 5.41) is 2.90. The Kier molecular flexibility index (Phi) is 5.73. The highest BCUT2D eigenvalue weighted by Crippen LogP contribution is 2.22. The molecule has 0 saturated carbocycles. The molecular weight excluding hydrogens is 312 g/mol. The van der Waals surface area contributed by atoms with Crippen LogP contribution in [0.5, 0.6) is 5.75 Å². The number of benzene rings is 2. The molecule has 0 aliphatic carbocycles. The van der Waals surface area contributed by atoms with Gasteiger partial charge in [-0.2, -0.15) is 0 Å². The van der Waals surface area contributed by atoms with Gasteiger partial charge in [-0.1, -0.05) is 12.1 Å². The molecule has 130 valence electrons. The van der Waals surface area contributed by atoms with Crippen molar-refractivity contribution in [3.8, 4) is 5.75 Å². The van der Waals surface area contributed by atoms with Crippen molar-refractivity contribution in [3.05, 3.63) is 60.2 Å². The summed E-state index contributed by atoms with van der Waals surface area (Å²) in [6.45, 7) is 2.24. The SMILES string of the molecule is COc1cccc(/C=C/C(=O)Nc2ccc(N3CCCCC3)cc2)c1. The molecule has 1 amide bonds. The third-order valence-electron chi connectivity index (χ3n) is 4.38. The molecule has 0 atom stereocenters. The molecule has 1 heterocycles. The van der Waals surface area contributed by atoms with E-state index in [1.54, 1.807) is 13.2 Å². The first-order valence-corrected chi connectivity index (χ1v) is 8.73. The molecule has 1 N–H and O–H groups in total. The molecule has 25 heavy (non-hydrogen) atoms. The predicted octanol–water partition coefficient (Wildman–Crippen LogP) is 4.34. The molecule has 0 spiro atoms. The van der Waals surface area contributed by atoms with E-state index < -0.39 is 0 Å². The molecule has 0 aromatic heterocycles. The largest absolute Gasteiger partial charge is 0.497 e. The highest BCUT2D eigenvalue weighted by atomic mass is 16.5. The maximum Gasteiger partial charge on any atom is 0.248 e. The lowest BCUT2D eigenvalue weighted by molar-refractivity contribution is -0.111. The zero-order valence-corrected chi connectivity index (χ0v) is 14.6. The minimum atomic E-state index is -0.145. The normalized spacial score (nSPS) is 14.5. The molecule has 0 radical (unpaired) electrons. The van der Waals surface area contributed by atoms with Crippen LogP contribution in [0.4, 0.5) is 11.4 Å². The summed E-state index contributed by atoms with van der Waals surface area (Å²) in [5.41, 5.74) is 2.96. The van der Waals surface area contributed by atoms with Crippen molar-refractivity contribution in [1.29, 1.82) is 0 Å². The minimum Gasteiger partial charge on any atom is -0.497 e. The quantitative estimate of drug-likeness (QED) is 0.826. The molecule has 1 fully saturated rings. The molecule has 2 aromatic rings. The van der Waals surface area contributed by atoms with Crippen LogP contribution in [0.2, 0.25) is 0 Å². The molecular formula is C21H24N2O2. The van der Waals surface area contributed by atoms with Crippen LogP contribution in [0.1, 0.15) is 24.8 Å². The Bertz CT molecular complexity index is 732. The topological polar surface area (TPSA) is 41.6 Å². The fraction of sp³-hybridized carbons (Fsp3) is 0.286. The molecule has 0 unspecified atom stereocenters. The van der Waals surface area contributed by atoms with Crippen LogP contribution in [0.15, 0.2) is 54.6 Å². The Hall–Kier alpha value is -2.75. The fourth-order valence-electron chi connectivity index (χ4n) is 3.01. The second kappa shape index (κ2) is 8.38. The number of methoxy groups -OCH3 is 1. The minimum absolute atomic E-state index is 0.145. The van der Waals surface area contributed by atoms with Crippen LogP contribution in [-0.2, 0) is 4.79 Å². The van der Waals surface area contributed by atoms with E-state index in [0.29, 0.717) is 0 Å². The lowest BCUT2D eigenvalue weighted by atomic mass is 10.1. The average Bonchev–Trinajstić information content (AvgIpc) is 2.68. The molecule has 2 aromatic carbocycles.